The quantitative estimate of drug-likeness (QED) is 0.814. The van der Waals surface area contributed by atoms with Gasteiger partial charge in [0, 0.05) is 22.9 Å². The average molecular weight is 341 g/mol. The van der Waals surface area contributed by atoms with Gasteiger partial charge in [0.1, 0.15) is 5.75 Å². The third-order valence-electron chi connectivity index (χ3n) is 4.99. The molecule has 1 saturated carbocycles. The highest BCUT2D eigenvalue weighted by Gasteiger charge is 2.19. The average Bonchev–Trinajstić information content (AvgIpc) is 2.82. The second-order valence-electron chi connectivity index (χ2n) is 6.84. The number of nitrogens with one attached hydrogen (secondary N) is 2. The Hall–Kier alpha value is -2.30. The molecule has 1 amide bonds. The molecule has 0 radical (unpaired) electrons. The molecule has 5 heteroatoms. The topological polar surface area (TPSA) is 67.0 Å². The number of carbonyl (C=O) groups is 1. The lowest BCUT2D eigenvalue weighted by molar-refractivity contribution is -0.121. The Morgan fingerprint density at radius 3 is 2.52 bits per heavy atom. The Morgan fingerprint density at radius 2 is 1.88 bits per heavy atom. The number of amides is 1. The number of aromatic amines is 1. The molecule has 0 saturated heterocycles. The zero-order chi connectivity index (χ0) is 17.6. The summed E-state index contributed by atoms with van der Waals surface area (Å²) in [6.07, 6.45) is 7.56. The van der Waals surface area contributed by atoms with Crippen LogP contribution < -0.4 is 10.1 Å². The summed E-state index contributed by atoms with van der Waals surface area (Å²) >= 11 is 0. The number of ether oxygens (including phenoxy) is 1. The van der Waals surface area contributed by atoms with Gasteiger partial charge in [0.05, 0.1) is 19.2 Å². The van der Waals surface area contributed by atoms with E-state index in [1.54, 1.807) is 7.11 Å². The standard InChI is InChI=1S/C20H27N3O2/c1-14-18(13-19(24)21-16-7-5-3-4-6-8-16)20(23-22-14)15-9-11-17(25-2)12-10-15/h9-12,16H,3-8,13H2,1-2H3,(H,21,24)(H,22,23). The fourth-order valence-electron chi connectivity index (χ4n) is 3.52. The van der Waals surface area contributed by atoms with Gasteiger partial charge in [-0.05, 0) is 44.0 Å². The summed E-state index contributed by atoms with van der Waals surface area (Å²) in [7, 11) is 1.65. The molecule has 2 aromatic rings. The van der Waals surface area contributed by atoms with Crippen molar-refractivity contribution in [2.45, 2.75) is 57.9 Å². The van der Waals surface area contributed by atoms with Crippen LogP contribution in [0.4, 0.5) is 0 Å². The van der Waals surface area contributed by atoms with E-state index in [0.29, 0.717) is 12.5 Å². The lowest BCUT2D eigenvalue weighted by Gasteiger charge is -2.16. The molecule has 1 aromatic carbocycles. The maximum Gasteiger partial charge on any atom is 0.224 e. The van der Waals surface area contributed by atoms with Crippen LogP contribution in [0.25, 0.3) is 11.3 Å². The summed E-state index contributed by atoms with van der Waals surface area (Å²) in [5.74, 6) is 0.898. The molecule has 0 spiro atoms. The first-order valence-electron chi connectivity index (χ1n) is 9.15. The summed E-state index contributed by atoms with van der Waals surface area (Å²) in [4.78, 5) is 12.6. The molecule has 134 valence electrons. The third-order valence-corrected chi connectivity index (χ3v) is 4.99. The molecule has 0 atom stereocenters. The normalized spacial score (nSPS) is 15.6. The Bertz CT molecular complexity index is 698. The highest BCUT2D eigenvalue weighted by atomic mass is 16.5. The second-order valence-corrected chi connectivity index (χ2v) is 6.84. The van der Waals surface area contributed by atoms with Gasteiger partial charge in [-0.2, -0.15) is 5.10 Å². The Kier molecular flexibility index (Phi) is 5.74. The lowest BCUT2D eigenvalue weighted by Crippen LogP contribution is -2.35. The van der Waals surface area contributed by atoms with E-state index >= 15 is 0 Å². The van der Waals surface area contributed by atoms with Crippen LogP contribution in [0.5, 0.6) is 5.75 Å². The number of nitrogens with zero attached hydrogens (tertiary/aromatic N) is 1. The van der Waals surface area contributed by atoms with Crippen molar-refractivity contribution in [2.24, 2.45) is 0 Å². The summed E-state index contributed by atoms with van der Waals surface area (Å²) in [6, 6.07) is 8.10. The van der Waals surface area contributed by atoms with E-state index in [0.717, 1.165) is 41.1 Å². The van der Waals surface area contributed by atoms with E-state index in [4.69, 9.17) is 4.74 Å². The molecule has 1 fully saturated rings. The number of rotatable bonds is 5. The molecule has 2 N–H and O–H groups in total. The molecule has 5 nitrogen and oxygen atoms in total. The first kappa shape index (κ1) is 17.5. The van der Waals surface area contributed by atoms with Crippen LogP contribution in [0, 0.1) is 6.92 Å². The van der Waals surface area contributed by atoms with Crippen molar-refractivity contribution in [3.05, 3.63) is 35.5 Å². The molecule has 0 bridgehead atoms. The van der Waals surface area contributed by atoms with Crippen LogP contribution in [0.3, 0.4) is 0 Å². The molecule has 0 aliphatic heterocycles. The molecule has 1 aliphatic carbocycles. The number of hydrogen-bond donors (Lipinski definition) is 2. The second kappa shape index (κ2) is 8.19. The van der Waals surface area contributed by atoms with Gasteiger partial charge in [0.25, 0.3) is 0 Å². The van der Waals surface area contributed by atoms with E-state index in [2.05, 4.69) is 15.5 Å². The van der Waals surface area contributed by atoms with Crippen molar-refractivity contribution in [1.29, 1.82) is 0 Å². The van der Waals surface area contributed by atoms with Crippen LogP contribution >= 0.6 is 0 Å². The van der Waals surface area contributed by atoms with Gasteiger partial charge in [0.15, 0.2) is 0 Å². The Balaban J connectivity index is 1.71. The molecule has 0 unspecified atom stereocenters. The van der Waals surface area contributed by atoms with Crippen molar-refractivity contribution in [2.75, 3.05) is 7.11 Å². The van der Waals surface area contributed by atoms with Gasteiger partial charge >= 0.3 is 0 Å². The molecular formula is C20H27N3O2. The molecular weight excluding hydrogens is 314 g/mol. The molecule has 1 aliphatic rings. The zero-order valence-electron chi connectivity index (χ0n) is 15.1. The number of H-pyrrole nitrogens is 1. The van der Waals surface area contributed by atoms with Crippen LogP contribution in [0.15, 0.2) is 24.3 Å². The Morgan fingerprint density at radius 1 is 1.20 bits per heavy atom. The van der Waals surface area contributed by atoms with Gasteiger partial charge < -0.3 is 10.1 Å². The fraction of sp³-hybridized carbons (Fsp3) is 0.500. The maximum atomic E-state index is 12.6. The predicted molar refractivity (Wildman–Crippen MR) is 98.6 cm³/mol. The molecule has 1 aromatic heterocycles. The fourth-order valence-corrected chi connectivity index (χ4v) is 3.52. The van der Waals surface area contributed by atoms with E-state index in [1.807, 2.05) is 31.2 Å². The van der Waals surface area contributed by atoms with Crippen molar-refractivity contribution in [1.82, 2.24) is 15.5 Å². The number of aromatic nitrogens is 2. The summed E-state index contributed by atoms with van der Waals surface area (Å²) in [5.41, 5.74) is 3.75. The number of carbonyl (C=O) groups excluding carboxylic acids is 1. The monoisotopic (exact) mass is 341 g/mol. The van der Waals surface area contributed by atoms with Gasteiger partial charge in [-0.15, -0.1) is 0 Å². The minimum absolute atomic E-state index is 0.0890. The van der Waals surface area contributed by atoms with Crippen molar-refractivity contribution < 1.29 is 9.53 Å². The number of methoxy groups -OCH3 is 1. The number of benzene rings is 1. The highest BCUT2D eigenvalue weighted by molar-refractivity contribution is 5.82. The Labute approximate surface area is 149 Å². The van der Waals surface area contributed by atoms with Crippen molar-refractivity contribution in [3.8, 4) is 17.0 Å². The summed E-state index contributed by atoms with van der Waals surface area (Å²) < 4.78 is 5.21. The minimum atomic E-state index is 0.0890. The van der Waals surface area contributed by atoms with Crippen molar-refractivity contribution >= 4 is 5.91 Å². The summed E-state index contributed by atoms with van der Waals surface area (Å²) in [6.45, 7) is 1.97. The van der Waals surface area contributed by atoms with Crippen LogP contribution in [-0.4, -0.2) is 29.3 Å². The number of aryl methyl sites for hydroxylation is 1. The molecule has 3 rings (SSSR count). The van der Waals surface area contributed by atoms with Crippen LogP contribution in [0.2, 0.25) is 0 Å². The van der Waals surface area contributed by atoms with Gasteiger partial charge in [-0.1, -0.05) is 25.7 Å². The van der Waals surface area contributed by atoms with Crippen LogP contribution in [0.1, 0.15) is 49.8 Å². The highest BCUT2D eigenvalue weighted by Crippen LogP contribution is 2.26. The van der Waals surface area contributed by atoms with E-state index < -0.39 is 0 Å². The SMILES string of the molecule is COc1ccc(-c2n[nH]c(C)c2CC(=O)NC2CCCCCC2)cc1. The smallest absolute Gasteiger partial charge is 0.224 e. The van der Waals surface area contributed by atoms with E-state index in [9.17, 15) is 4.79 Å². The maximum absolute atomic E-state index is 12.6. The van der Waals surface area contributed by atoms with Crippen LogP contribution in [-0.2, 0) is 11.2 Å². The third kappa shape index (κ3) is 4.41. The molecule has 1 heterocycles. The zero-order valence-corrected chi connectivity index (χ0v) is 15.1. The minimum Gasteiger partial charge on any atom is -0.497 e. The largest absolute Gasteiger partial charge is 0.497 e. The van der Waals surface area contributed by atoms with Crippen molar-refractivity contribution in [3.63, 3.8) is 0 Å². The van der Waals surface area contributed by atoms with E-state index in [-0.39, 0.29) is 5.91 Å². The first-order valence-corrected chi connectivity index (χ1v) is 9.15. The van der Waals surface area contributed by atoms with E-state index in [1.165, 1.54) is 25.7 Å². The number of hydrogen-bond acceptors (Lipinski definition) is 3. The van der Waals surface area contributed by atoms with Gasteiger partial charge in [-0.25, -0.2) is 0 Å². The first-order chi connectivity index (χ1) is 12.2. The molecule has 25 heavy (non-hydrogen) atoms. The lowest BCUT2D eigenvalue weighted by atomic mass is 10.0. The van der Waals surface area contributed by atoms with Gasteiger partial charge in [0.2, 0.25) is 5.91 Å². The summed E-state index contributed by atoms with van der Waals surface area (Å²) in [5, 5.41) is 10.7. The van der Waals surface area contributed by atoms with Gasteiger partial charge in [-0.3, -0.25) is 9.89 Å². The predicted octanol–water partition coefficient (Wildman–Crippen LogP) is 3.78.